The molecule has 1 amide bonds. The molecular formula is C8H8NOTe. The van der Waals surface area contributed by atoms with Gasteiger partial charge in [-0.15, -0.1) is 0 Å². The number of hydrogen-bond acceptors (Lipinski definition) is 1. The van der Waals surface area contributed by atoms with Crippen LogP contribution in [0.1, 0.15) is 6.92 Å². The number of nitrogens with one attached hydrogen (secondary N) is 1. The van der Waals surface area contributed by atoms with Gasteiger partial charge in [-0.1, -0.05) is 0 Å². The van der Waals surface area contributed by atoms with E-state index >= 15 is 0 Å². The van der Waals surface area contributed by atoms with Crippen molar-refractivity contribution in [3.63, 3.8) is 0 Å². The third-order valence-corrected chi connectivity index (χ3v) is 2.21. The van der Waals surface area contributed by atoms with Gasteiger partial charge in [-0.25, -0.2) is 0 Å². The first-order valence-corrected chi connectivity index (χ1v) is 4.40. The second-order valence-corrected chi connectivity index (χ2v) is 3.43. The number of carbonyl (C=O) groups is 1. The third-order valence-electron chi connectivity index (χ3n) is 1.20. The second kappa shape index (κ2) is 3.75. The summed E-state index contributed by atoms with van der Waals surface area (Å²) >= 11 is 1.89. The van der Waals surface area contributed by atoms with E-state index < -0.39 is 0 Å². The molecule has 1 aromatic carbocycles. The van der Waals surface area contributed by atoms with Crippen LogP contribution in [0.4, 0.5) is 5.69 Å². The number of para-hydroxylation sites is 1. The van der Waals surface area contributed by atoms with Crippen molar-refractivity contribution in [1.82, 2.24) is 0 Å². The fourth-order valence-corrected chi connectivity index (χ4v) is 1.32. The fourth-order valence-electron chi connectivity index (χ4n) is 0.760. The number of hydrogen-bond donors (Lipinski definition) is 1. The van der Waals surface area contributed by atoms with Crippen LogP contribution in [0, 0.1) is 0 Å². The van der Waals surface area contributed by atoms with Gasteiger partial charge in [-0.3, -0.25) is 0 Å². The molecule has 0 unspecified atom stereocenters. The molecule has 0 aliphatic heterocycles. The third kappa shape index (κ3) is 2.53. The molecule has 0 saturated heterocycles. The van der Waals surface area contributed by atoms with Crippen molar-refractivity contribution in [1.29, 1.82) is 0 Å². The first-order valence-electron chi connectivity index (χ1n) is 3.24. The van der Waals surface area contributed by atoms with Gasteiger partial charge in [-0.2, -0.15) is 0 Å². The molecule has 0 spiro atoms. The molecule has 0 heterocycles. The summed E-state index contributed by atoms with van der Waals surface area (Å²) in [6.07, 6.45) is 0. The summed E-state index contributed by atoms with van der Waals surface area (Å²) in [6.45, 7) is 1.51. The molecule has 0 fully saturated rings. The Hall–Kier alpha value is -0.520. The molecule has 0 aliphatic rings. The molecule has 1 radical (unpaired) electrons. The summed E-state index contributed by atoms with van der Waals surface area (Å²) in [4.78, 5) is 10.7. The molecular weight excluding hydrogens is 254 g/mol. The van der Waals surface area contributed by atoms with E-state index in [0.717, 1.165) is 9.30 Å². The number of amides is 1. The Morgan fingerprint density at radius 3 is 2.64 bits per heavy atom. The summed E-state index contributed by atoms with van der Waals surface area (Å²) in [5, 5.41) is 2.74. The average Bonchev–Trinajstić information content (AvgIpc) is 1.93. The van der Waals surface area contributed by atoms with Gasteiger partial charge in [0.15, 0.2) is 0 Å². The maximum atomic E-state index is 10.7. The fraction of sp³-hybridized carbons (Fsp3) is 0.125. The minimum absolute atomic E-state index is 0.0268. The molecule has 11 heavy (non-hydrogen) atoms. The van der Waals surface area contributed by atoms with Gasteiger partial charge in [0.25, 0.3) is 0 Å². The van der Waals surface area contributed by atoms with Crippen LogP contribution in [0.5, 0.6) is 0 Å². The molecule has 0 saturated carbocycles. The van der Waals surface area contributed by atoms with Crippen LogP contribution in [-0.2, 0) is 4.79 Å². The van der Waals surface area contributed by atoms with Crippen LogP contribution in [-0.4, -0.2) is 28.2 Å². The van der Waals surface area contributed by atoms with E-state index in [-0.39, 0.29) is 5.91 Å². The second-order valence-electron chi connectivity index (χ2n) is 2.18. The summed E-state index contributed by atoms with van der Waals surface area (Å²) < 4.78 is 1.10. The Bertz CT molecular complexity index is 273. The zero-order valence-electron chi connectivity index (χ0n) is 6.13. The van der Waals surface area contributed by atoms with E-state index in [1.54, 1.807) is 0 Å². The molecule has 1 aromatic rings. The number of carbonyl (C=O) groups excluding carboxylic acids is 1. The molecule has 0 aliphatic carbocycles. The first kappa shape index (κ1) is 8.58. The average molecular weight is 262 g/mol. The first-order chi connectivity index (χ1) is 5.20. The van der Waals surface area contributed by atoms with Crippen molar-refractivity contribution in [3.05, 3.63) is 24.3 Å². The minimum atomic E-state index is -0.0268. The van der Waals surface area contributed by atoms with Crippen molar-refractivity contribution in [2.75, 3.05) is 5.32 Å². The van der Waals surface area contributed by atoms with Gasteiger partial charge in [0.05, 0.1) is 0 Å². The molecule has 1 rings (SSSR count). The van der Waals surface area contributed by atoms with Crippen LogP contribution >= 0.6 is 0 Å². The maximum absolute atomic E-state index is 10.7. The monoisotopic (exact) mass is 264 g/mol. The Morgan fingerprint density at radius 2 is 2.09 bits per heavy atom. The van der Waals surface area contributed by atoms with Crippen LogP contribution in [0.3, 0.4) is 0 Å². The van der Waals surface area contributed by atoms with Gasteiger partial charge in [0.1, 0.15) is 0 Å². The zero-order valence-corrected chi connectivity index (χ0v) is 8.46. The standard InChI is InChI=1S/C8H8NOTe/c1-6(10)9-7-4-2-3-5-8(7)11/h2-5H,1H3,(H,9,10). The molecule has 0 bridgehead atoms. The van der Waals surface area contributed by atoms with E-state index in [2.05, 4.69) is 5.32 Å². The van der Waals surface area contributed by atoms with E-state index in [1.807, 2.05) is 46.6 Å². The molecule has 57 valence electrons. The van der Waals surface area contributed by atoms with Crippen LogP contribution in [0.15, 0.2) is 24.3 Å². The molecule has 3 heteroatoms. The number of benzene rings is 1. The van der Waals surface area contributed by atoms with E-state index in [1.165, 1.54) is 6.92 Å². The van der Waals surface area contributed by atoms with Crippen molar-refractivity contribution >= 4 is 37.5 Å². The van der Waals surface area contributed by atoms with Crippen LogP contribution in [0.2, 0.25) is 0 Å². The quantitative estimate of drug-likeness (QED) is 0.731. The SMILES string of the molecule is CC(=O)Nc1ccccc1[Te]. The van der Waals surface area contributed by atoms with Gasteiger partial charge in [0.2, 0.25) is 0 Å². The van der Waals surface area contributed by atoms with Crippen molar-refractivity contribution < 1.29 is 4.79 Å². The van der Waals surface area contributed by atoms with E-state index in [4.69, 9.17) is 0 Å². The predicted octanol–water partition coefficient (Wildman–Crippen LogP) is 0.439. The Balaban J connectivity index is 2.86. The Morgan fingerprint density at radius 1 is 1.45 bits per heavy atom. The molecule has 0 atom stereocenters. The van der Waals surface area contributed by atoms with Crippen molar-refractivity contribution in [2.45, 2.75) is 6.92 Å². The van der Waals surface area contributed by atoms with Gasteiger partial charge >= 0.3 is 78.8 Å². The normalized spacial score (nSPS) is 9.18. The number of rotatable bonds is 1. The van der Waals surface area contributed by atoms with Gasteiger partial charge in [0, 0.05) is 0 Å². The summed E-state index contributed by atoms with van der Waals surface area (Å²) in [6, 6.07) is 7.71. The summed E-state index contributed by atoms with van der Waals surface area (Å²) in [5.74, 6) is -0.0268. The molecule has 2 nitrogen and oxygen atoms in total. The topological polar surface area (TPSA) is 29.1 Å². The van der Waals surface area contributed by atoms with Gasteiger partial charge < -0.3 is 0 Å². The Kier molecular flexibility index (Phi) is 2.92. The van der Waals surface area contributed by atoms with Crippen LogP contribution < -0.4 is 8.93 Å². The summed E-state index contributed by atoms with van der Waals surface area (Å²) in [5.41, 5.74) is 0.893. The number of anilines is 1. The van der Waals surface area contributed by atoms with Gasteiger partial charge in [-0.05, 0) is 0 Å². The van der Waals surface area contributed by atoms with E-state index in [0.29, 0.717) is 0 Å². The summed E-state index contributed by atoms with van der Waals surface area (Å²) in [7, 11) is 0. The van der Waals surface area contributed by atoms with E-state index in [9.17, 15) is 4.79 Å². The Labute approximate surface area is 78.9 Å². The molecule has 1 N–H and O–H groups in total. The zero-order chi connectivity index (χ0) is 8.27. The predicted molar refractivity (Wildman–Crippen MR) is 46.1 cm³/mol. The van der Waals surface area contributed by atoms with Crippen molar-refractivity contribution in [3.8, 4) is 0 Å². The van der Waals surface area contributed by atoms with Crippen LogP contribution in [0.25, 0.3) is 0 Å². The molecule has 0 aromatic heterocycles. The van der Waals surface area contributed by atoms with Crippen molar-refractivity contribution in [2.24, 2.45) is 0 Å².